The van der Waals surface area contributed by atoms with E-state index in [9.17, 15) is 4.39 Å². The summed E-state index contributed by atoms with van der Waals surface area (Å²) in [5.41, 5.74) is 1.36. The Kier molecular flexibility index (Phi) is 5.13. The molecule has 0 amide bonds. The lowest BCUT2D eigenvalue weighted by Gasteiger charge is -2.33. The standard InChI is InChI=1S/C15H24FN/c1-5-15(6-2,11-17-12(3)4)13-7-9-14(16)10-8-13/h7-10,12,17H,5-6,11H2,1-4H3. The second-order valence-electron chi connectivity index (χ2n) is 5.03. The van der Waals surface area contributed by atoms with E-state index in [1.165, 1.54) is 5.56 Å². The van der Waals surface area contributed by atoms with Gasteiger partial charge in [0.05, 0.1) is 0 Å². The highest BCUT2D eigenvalue weighted by Crippen LogP contribution is 2.31. The highest BCUT2D eigenvalue weighted by atomic mass is 19.1. The van der Waals surface area contributed by atoms with Gasteiger partial charge in [0.1, 0.15) is 5.82 Å². The molecule has 0 aliphatic heterocycles. The van der Waals surface area contributed by atoms with Crippen molar-refractivity contribution in [1.29, 1.82) is 0 Å². The molecule has 1 aromatic rings. The normalized spacial score (nSPS) is 12.1. The van der Waals surface area contributed by atoms with Gasteiger partial charge in [0.25, 0.3) is 0 Å². The van der Waals surface area contributed by atoms with Crippen molar-refractivity contribution < 1.29 is 4.39 Å². The van der Waals surface area contributed by atoms with Gasteiger partial charge < -0.3 is 5.32 Å². The minimum Gasteiger partial charge on any atom is -0.314 e. The van der Waals surface area contributed by atoms with Gasteiger partial charge in [-0.3, -0.25) is 0 Å². The minimum atomic E-state index is -0.160. The van der Waals surface area contributed by atoms with Gasteiger partial charge in [-0.2, -0.15) is 0 Å². The van der Waals surface area contributed by atoms with Crippen LogP contribution in [-0.2, 0) is 5.41 Å². The van der Waals surface area contributed by atoms with Crippen molar-refractivity contribution in [1.82, 2.24) is 5.32 Å². The predicted molar refractivity (Wildman–Crippen MR) is 71.8 cm³/mol. The van der Waals surface area contributed by atoms with Crippen LogP contribution in [0.4, 0.5) is 4.39 Å². The van der Waals surface area contributed by atoms with Gasteiger partial charge in [0, 0.05) is 18.0 Å². The summed E-state index contributed by atoms with van der Waals surface area (Å²) in [5.74, 6) is -0.160. The van der Waals surface area contributed by atoms with Crippen LogP contribution >= 0.6 is 0 Å². The first-order chi connectivity index (χ1) is 8.04. The Morgan fingerprint density at radius 2 is 1.65 bits per heavy atom. The first-order valence-electron chi connectivity index (χ1n) is 6.53. The summed E-state index contributed by atoms with van der Waals surface area (Å²) in [6.07, 6.45) is 2.13. The molecule has 0 saturated carbocycles. The lowest BCUT2D eigenvalue weighted by molar-refractivity contribution is 0.354. The zero-order chi connectivity index (χ0) is 12.9. The summed E-state index contributed by atoms with van der Waals surface area (Å²) in [5, 5.41) is 3.51. The summed E-state index contributed by atoms with van der Waals surface area (Å²) in [4.78, 5) is 0. The smallest absolute Gasteiger partial charge is 0.123 e. The second-order valence-corrected chi connectivity index (χ2v) is 5.03. The molecule has 0 atom stereocenters. The second kappa shape index (κ2) is 6.15. The molecule has 1 nitrogen and oxygen atoms in total. The van der Waals surface area contributed by atoms with E-state index in [0.717, 1.165) is 19.4 Å². The molecular formula is C15H24FN. The van der Waals surface area contributed by atoms with Crippen molar-refractivity contribution in [3.63, 3.8) is 0 Å². The third kappa shape index (κ3) is 3.53. The molecule has 1 aromatic carbocycles. The topological polar surface area (TPSA) is 12.0 Å². The Labute approximate surface area is 104 Å². The van der Waals surface area contributed by atoms with E-state index in [4.69, 9.17) is 0 Å². The number of rotatable bonds is 6. The van der Waals surface area contributed by atoms with Gasteiger partial charge in [0.15, 0.2) is 0 Å². The molecule has 0 radical (unpaired) electrons. The van der Waals surface area contributed by atoms with Crippen LogP contribution in [0.1, 0.15) is 46.1 Å². The van der Waals surface area contributed by atoms with Gasteiger partial charge in [-0.15, -0.1) is 0 Å². The van der Waals surface area contributed by atoms with E-state index in [2.05, 4.69) is 33.0 Å². The summed E-state index contributed by atoms with van der Waals surface area (Å²) in [6.45, 7) is 9.66. The minimum absolute atomic E-state index is 0.123. The quantitative estimate of drug-likeness (QED) is 0.791. The monoisotopic (exact) mass is 237 g/mol. The fourth-order valence-corrected chi connectivity index (χ4v) is 2.21. The molecule has 0 fully saturated rings. The predicted octanol–water partition coefficient (Wildman–Crippen LogP) is 3.88. The Morgan fingerprint density at radius 3 is 2.06 bits per heavy atom. The number of hydrogen-bond acceptors (Lipinski definition) is 1. The van der Waals surface area contributed by atoms with Crippen molar-refractivity contribution in [2.45, 2.75) is 52.0 Å². The third-order valence-electron chi connectivity index (χ3n) is 3.66. The van der Waals surface area contributed by atoms with E-state index >= 15 is 0 Å². The fourth-order valence-electron chi connectivity index (χ4n) is 2.21. The summed E-state index contributed by atoms with van der Waals surface area (Å²) < 4.78 is 13.0. The van der Waals surface area contributed by atoms with Crippen LogP contribution in [0.3, 0.4) is 0 Å². The fraction of sp³-hybridized carbons (Fsp3) is 0.600. The molecule has 0 spiro atoms. The van der Waals surface area contributed by atoms with Gasteiger partial charge in [-0.25, -0.2) is 4.39 Å². The van der Waals surface area contributed by atoms with Crippen LogP contribution in [-0.4, -0.2) is 12.6 Å². The average Bonchev–Trinajstić information content (AvgIpc) is 2.32. The summed E-state index contributed by atoms with van der Waals surface area (Å²) in [7, 11) is 0. The molecule has 0 unspecified atom stereocenters. The van der Waals surface area contributed by atoms with Crippen molar-refractivity contribution in [3.8, 4) is 0 Å². The number of nitrogens with one attached hydrogen (secondary N) is 1. The van der Waals surface area contributed by atoms with Crippen molar-refractivity contribution in [3.05, 3.63) is 35.6 Å². The molecule has 0 heterocycles. The van der Waals surface area contributed by atoms with Crippen LogP contribution in [0.25, 0.3) is 0 Å². The van der Waals surface area contributed by atoms with E-state index in [1.54, 1.807) is 12.1 Å². The van der Waals surface area contributed by atoms with E-state index in [0.29, 0.717) is 6.04 Å². The molecule has 96 valence electrons. The number of benzene rings is 1. The molecular weight excluding hydrogens is 213 g/mol. The molecule has 2 heteroatoms. The lowest BCUT2D eigenvalue weighted by Crippen LogP contribution is -2.40. The molecule has 17 heavy (non-hydrogen) atoms. The number of halogens is 1. The molecule has 0 bridgehead atoms. The zero-order valence-corrected chi connectivity index (χ0v) is 11.4. The Morgan fingerprint density at radius 1 is 1.12 bits per heavy atom. The molecule has 1 rings (SSSR count). The molecule has 0 aromatic heterocycles. The van der Waals surface area contributed by atoms with Crippen molar-refractivity contribution in [2.24, 2.45) is 0 Å². The summed E-state index contributed by atoms with van der Waals surface area (Å²) >= 11 is 0. The highest BCUT2D eigenvalue weighted by molar-refractivity contribution is 5.26. The van der Waals surface area contributed by atoms with Gasteiger partial charge in [0.2, 0.25) is 0 Å². The highest BCUT2D eigenvalue weighted by Gasteiger charge is 2.28. The van der Waals surface area contributed by atoms with E-state index in [-0.39, 0.29) is 11.2 Å². The van der Waals surface area contributed by atoms with E-state index in [1.807, 2.05) is 12.1 Å². The van der Waals surface area contributed by atoms with Gasteiger partial charge in [-0.1, -0.05) is 39.8 Å². The summed E-state index contributed by atoms with van der Waals surface area (Å²) in [6, 6.07) is 7.44. The molecule has 1 N–H and O–H groups in total. The van der Waals surface area contributed by atoms with Gasteiger partial charge in [-0.05, 0) is 30.5 Å². The van der Waals surface area contributed by atoms with Crippen LogP contribution < -0.4 is 5.32 Å². The first kappa shape index (κ1) is 14.2. The zero-order valence-electron chi connectivity index (χ0n) is 11.4. The lowest BCUT2D eigenvalue weighted by atomic mass is 9.75. The Balaban J connectivity index is 2.93. The SMILES string of the molecule is CCC(CC)(CNC(C)C)c1ccc(F)cc1. The van der Waals surface area contributed by atoms with E-state index < -0.39 is 0 Å². The van der Waals surface area contributed by atoms with Gasteiger partial charge >= 0.3 is 0 Å². The molecule has 0 saturated heterocycles. The molecule has 0 aliphatic carbocycles. The maximum atomic E-state index is 13.0. The Hall–Kier alpha value is -0.890. The van der Waals surface area contributed by atoms with Crippen LogP contribution in [0, 0.1) is 5.82 Å². The van der Waals surface area contributed by atoms with Crippen LogP contribution in [0.15, 0.2) is 24.3 Å². The largest absolute Gasteiger partial charge is 0.314 e. The maximum Gasteiger partial charge on any atom is 0.123 e. The van der Waals surface area contributed by atoms with Crippen molar-refractivity contribution >= 4 is 0 Å². The Bertz CT molecular complexity index is 325. The van der Waals surface area contributed by atoms with Crippen molar-refractivity contribution in [2.75, 3.05) is 6.54 Å². The third-order valence-corrected chi connectivity index (χ3v) is 3.66. The first-order valence-corrected chi connectivity index (χ1v) is 6.53. The number of hydrogen-bond donors (Lipinski definition) is 1. The maximum absolute atomic E-state index is 13.0. The van der Waals surface area contributed by atoms with Crippen LogP contribution in [0.2, 0.25) is 0 Å². The molecule has 0 aliphatic rings. The average molecular weight is 237 g/mol. The van der Waals surface area contributed by atoms with Crippen LogP contribution in [0.5, 0.6) is 0 Å².